The minimum Gasteiger partial charge on any atom is -0.379 e. The molecule has 1 fully saturated rings. The average Bonchev–Trinajstić information content (AvgIpc) is 3.53. The predicted octanol–water partition coefficient (Wildman–Crippen LogP) is 4.28. The molecule has 32 heavy (non-hydrogen) atoms. The first-order chi connectivity index (χ1) is 15.4. The van der Waals surface area contributed by atoms with E-state index in [0.717, 1.165) is 51.2 Å². The maximum atomic E-state index is 9.14. The third-order valence-electron chi connectivity index (χ3n) is 5.38. The van der Waals surface area contributed by atoms with E-state index >= 15 is 0 Å². The van der Waals surface area contributed by atoms with E-state index in [0.29, 0.717) is 12.2 Å². The van der Waals surface area contributed by atoms with Gasteiger partial charge in [0.15, 0.2) is 5.01 Å². The van der Waals surface area contributed by atoms with Crippen LogP contribution >= 0.6 is 11.3 Å². The molecule has 0 saturated carbocycles. The summed E-state index contributed by atoms with van der Waals surface area (Å²) in [4.78, 5) is 4.74. The van der Waals surface area contributed by atoms with E-state index < -0.39 is 0 Å². The minimum atomic E-state index is -0.0606. The molecule has 1 N–H and O–H groups in total. The summed E-state index contributed by atoms with van der Waals surface area (Å²) >= 11 is 1.59. The molecular formula is C23H23N7OS. The number of fused-ring (bicyclic) bond motifs is 1. The zero-order chi connectivity index (χ0) is 22.3. The van der Waals surface area contributed by atoms with Gasteiger partial charge in [-0.05, 0) is 30.7 Å². The molecule has 5 heterocycles. The van der Waals surface area contributed by atoms with Crippen molar-refractivity contribution in [3.05, 3.63) is 47.2 Å². The summed E-state index contributed by atoms with van der Waals surface area (Å²) in [6, 6.07) is 10.1. The SMILES string of the molecule is CC(C)(C)c1nnc(-c2cnc(-c3ccc4cc(C#N)cnn34)cc2N[C@@H]2CCOC2)s1. The zero-order valence-electron chi connectivity index (χ0n) is 18.2. The number of hydrogen-bond acceptors (Lipinski definition) is 8. The van der Waals surface area contributed by atoms with E-state index in [1.165, 1.54) is 0 Å². The van der Waals surface area contributed by atoms with Gasteiger partial charge in [-0.2, -0.15) is 10.4 Å². The summed E-state index contributed by atoms with van der Waals surface area (Å²) in [5, 5.41) is 27.9. The van der Waals surface area contributed by atoms with Crippen LogP contribution in [0, 0.1) is 11.3 Å². The summed E-state index contributed by atoms with van der Waals surface area (Å²) in [6.45, 7) is 7.84. The van der Waals surface area contributed by atoms with Crippen LogP contribution in [0.5, 0.6) is 0 Å². The normalized spacial score (nSPS) is 16.4. The van der Waals surface area contributed by atoms with Crippen molar-refractivity contribution in [2.75, 3.05) is 18.5 Å². The Labute approximate surface area is 189 Å². The minimum absolute atomic E-state index is 0.0606. The van der Waals surface area contributed by atoms with Gasteiger partial charge in [0.05, 0.1) is 46.9 Å². The van der Waals surface area contributed by atoms with E-state index in [1.807, 2.05) is 30.5 Å². The van der Waals surface area contributed by atoms with Crippen molar-refractivity contribution in [3.63, 3.8) is 0 Å². The molecule has 0 aromatic carbocycles. The fraction of sp³-hybridized carbons (Fsp3) is 0.348. The second kappa shape index (κ2) is 7.97. The van der Waals surface area contributed by atoms with Gasteiger partial charge in [-0.3, -0.25) is 4.98 Å². The molecule has 0 bridgehead atoms. The van der Waals surface area contributed by atoms with Gasteiger partial charge in [0.1, 0.15) is 11.1 Å². The molecule has 0 amide bonds. The molecule has 0 unspecified atom stereocenters. The van der Waals surface area contributed by atoms with Gasteiger partial charge in [-0.25, -0.2) is 4.52 Å². The van der Waals surface area contributed by atoms with Gasteiger partial charge in [-0.15, -0.1) is 10.2 Å². The molecule has 0 radical (unpaired) electrons. The Hall–Kier alpha value is -3.35. The van der Waals surface area contributed by atoms with Crippen LogP contribution in [-0.4, -0.2) is 44.1 Å². The molecule has 1 atom stereocenters. The van der Waals surface area contributed by atoms with E-state index in [1.54, 1.807) is 22.0 Å². The average molecular weight is 446 g/mol. The Morgan fingerprint density at radius 1 is 1.22 bits per heavy atom. The van der Waals surface area contributed by atoms with Crippen LogP contribution in [0.25, 0.3) is 27.5 Å². The Bertz CT molecular complexity index is 1320. The summed E-state index contributed by atoms with van der Waals surface area (Å²) in [6.07, 6.45) is 4.37. The molecule has 4 aromatic heterocycles. The van der Waals surface area contributed by atoms with Crippen molar-refractivity contribution in [2.24, 2.45) is 0 Å². The smallest absolute Gasteiger partial charge is 0.151 e. The van der Waals surface area contributed by atoms with E-state index in [2.05, 4.69) is 47.5 Å². The number of rotatable bonds is 4. The van der Waals surface area contributed by atoms with Gasteiger partial charge in [-0.1, -0.05) is 32.1 Å². The summed E-state index contributed by atoms with van der Waals surface area (Å²) < 4.78 is 7.36. The molecule has 5 rings (SSSR count). The van der Waals surface area contributed by atoms with Crippen molar-refractivity contribution in [3.8, 4) is 28.0 Å². The Morgan fingerprint density at radius 3 is 2.81 bits per heavy atom. The van der Waals surface area contributed by atoms with Crippen molar-refractivity contribution in [1.29, 1.82) is 5.26 Å². The highest BCUT2D eigenvalue weighted by Crippen LogP contribution is 2.36. The van der Waals surface area contributed by atoms with Crippen LogP contribution in [0.1, 0.15) is 37.8 Å². The molecule has 0 aliphatic carbocycles. The lowest BCUT2D eigenvalue weighted by Gasteiger charge is -2.16. The van der Waals surface area contributed by atoms with Crippen molar-refractivity contribution < 1.29 is 4.74 Å². The number of aromatic nitrogens is 5. The van der Waals surface area contributed by atoms with Gasteiger partial charge in [0.2, 0.25) is 0 Å². The monoisotopic (exact) mass is 445 g/mol. The first-order valence-electron chi connectivity index (χ1n) is 10.5. The van der Waals surface area contributed by atoms with E-state index in [-0.39, 0.29) is 11.5 Å². The molecule has 1 aliphatic heterocycles. The number of pyridine rings is 1. The zero-order valence-corrected chi connectivity index (χ0v) is 19.0. The van der Waals surface area contributed by atoms with E-state index in [9.17, 15) is 0 Å². The molecule has 1 saturated heterocycles. The maximum absolute atomic E-state index is 9.14. The van der Waals surface area contributed by atoms with Gasteiger partial charge >= 0.3 is 0 Å². The van der Waals surface area contributed by atoms with Crippen LogP contribution < -0.4 is 5.32 Å². The lowest BCUT2D eigenvalue weighted by Crippen LogP contribution is -2.19. The van der Waals surface area contributed by atoms with Crippen molar-refractivity contribution in [2.45, 2.75) is 38.6 Å². The maximum Gasteiger partial charge on any atom is 0.151 e. The second-order valence-electron chi connectivity index (χ2n) is 8.89. The van der Waals surface area contributed by atoms with Crippen molar-refractivity contribution >= 4 is 22.5 Å². The first kappa shape index (κ1) is 20.5. The second-order valence-corrected chi connectivity index (χ2v) is 9.87. The summed E-state index contributed by atoms with van der Waals surface area (Å²) in [7, 11) is 0. The highest BCUT2D eigenvalue weighted by atomic mass is 32.1. The molecule has 4 aromatic rings. The Kier molecular flexibility index (Phi) is 5.12. The molecule has 0 spiro atoms. The Balaban J connectivity index is 1.58. The molecular weight excluding hydrogens is 422 g/mol. The number of hydrogen-bond donors (Lipinski definition) is 1. The first-order valence-corrected chi connectivity index (χ1v) is 11.3. The summed E-state index contributed by atoms with van der Waals surface area (Å²) in [5.74, 6) is 0. The highest BCUT2D eigenvalue weighted by Gasteiger charge is 2.23. The number of anilines is 1. The standard InChI is InChI=1S/C23H23N7OS/c1-23(2,3)22-29-28-21(32-22)17-12-25-19(9-18(17)27-15-6-7-31-13-15)20-5-4-16-8-14(10-24)11-26-30(16)20/h4-5,8-9,11-12,15H,6-7,13H2,1-3H3,(H,25,27)/t15-/m1/s1. The molecule has 162 valence electrons. The number of nitriles is 1. The van der Waals surface area contributed by atoms with Gasteiger partial charge < -0.3 is 10.1 Å². The van der Waals surface area contributed by atoms with Crippen LogP contribution in [0.4, 0.5) is 5.69 Å². The quantitative estimate of drug-likeness (QED) is 0.500. The fourth-order valence-electron chi connectivity index (χ4n) is 3.64. The highest BCUT2D eigenvalue weighted by molar-refractivity contribution is 7.14. The lowest BCUT2D eigenvalue weighted by molar-refractivity contribution is 0.195. The number of nitrogens with zero attached hydrogens (tertiary/aromatic N) is 6. The van der Waals surface area contributed by atoms with Crippen LogP contribution in [0.2, 0.25) is 0 Å². The third kappa shape index (κ3) is 3.83. The third-order valence-corrected chi connectivity index (χ3v) is 6.76. The fourth-order valence-corrected chi connectivity index (χ4v) is 4.57. The van der Waals surface area contributed by atoms with Crippen molar-refractivity contribution in [1.82, 2.24) is 24.8 Å². The van der Waals surface area contributed by atoms with Gasteiger partial charge in [0, 0.05) is 23.9 Å². The van der Waals surface area contributed by atoms with Crippen LogP contribution in [-0.2, 0) is 10.2 Å². The molecule has 1 aliphatic rings. The van der Waals surface area contributed by atoms with Gasteiger partial charge in [0.25, 0.3) is 0 Å². The topological polar surface area (TPSA) is 101 Å². The van der Waals surface area contributed by atoms with Crippen LogP contribution in [0.3, 0.4) is 0 Å². The molecule has 9 heteroatoms. The largest absolute Gasteiger partial charge is 0.379 e. The Morgan fingerprint density at radius 2 is 2.09 bits per heavy atom. The number of ether oxygens (including phenoxy) is 1. The lowest BCUT2D eigenvalue weighted by atomic mass is 9.98. The summed E-state index contributed by atoms with van der Waals surface area (Å²) in [5.41, 5.74) is 4.83. The van der Waals surface area contributed by atoms with E-state index in [4.69, 9.17) is 15.0 Å². The van der Waals surface area contributed by atoms with Crippen LogP contribution in [0.15, 0.2) is 36.7 Å². The molecule has 8 nitrogen and oxygen atoms in total. The number of nitrogens with one attached hydrogen (secondary N) is 1. The predicted molar refractivity (Wildman–Crippen MR) is 124 cm³/mol.